The van der Waals surface area contributed by atoms with Gasteiger partial charge in [0.05, 0.1) is 6.20 Å². The predicted molar refractivity (Wildman–Crippen MR) is 81.0 cm³/mol. The fourth-order valence-corrected chi connectivity index (χ4v) is 2.76. The van der Waals surface area contributed by atoms with Crippen LogP contribution in [0.5, 0.6) is 0 Å². The van der Waals surface area contributed by atoms with Crippen molar-refractivity contribution in [3.8, 4) is 0 Å². The highest BCUT2D eigenvalue weighted by atomic mass is 16.5. The number of carbonyl (C=O) groups is 2. The highest BCUT2D eigenvalue weighted by Gasteiger charge is 2.30. The second-order valence-corrected chi connectivity index (χ2v) is 6.02. The molecule has 1 fully saturated rings. The summed E-state index contributed by atoms with van der Waals surface area (Å²) in [4.78, 5) is 31.7. The zero-order valence-corrected chi connectivity index (χ0v) is 13.3. The van der Waals surface area contributed by atoms with E-state index in [4.69, 9.17) is 4.74 Å². The first-order chi connectivity index (χ1) is 10.5. The molecule has 0 radical (unpaired) electrons. The Balaban J connectivity index is 1.88. The fraction of sp³-hybridized carbons (Fsp3) is 0.625. The lowest BCUT2D eigenvalue weighted by atomic mass is 9.78. The molecule has 0 aliphatic heterocycles. The van der Waals surface area contributed by atoms with Gasteiger partial charge in [0.2, 0.25) is 0 Å². The van der Waals surface area contributed by atoms with Gasteiger partial charge in [0, 0.05) is 18.4 Å². The predicted octanol–water partition coefficient (Wildman–Crippen LogP) is 1.96. The van der Waals surface area contributed by atoms with E-state index in [1.807, 2.05) is 0 Å². The van der Waals surface area contributed by atoms with Gasteiger partial charge in [-0.2, -0.15) is 0 Å². The molecule has 6 nitrogen and oxygen atoms in total. The van der Waals surface area contributed by atoms with Crippen molar-refractivity contribution in [3.05, 3.63) is 24.3 Å². The number of hydrogen-bond acceptors (Lipinski definition) is 5. The standard InChI is InChI=1S/C16H23N3O3/c1-10-5-4-6-13(11(10)2)19-15(20)12(3)22-16(21)14-9-17-7-8-18-14/h7-13H,4-6H2,1-3H3,(H,19,20)/t10-,11-,12-,13+/m1/s1. The van der Waals surface area contributed by atoms with Gasteiger partial charge >= 0.3 is 5.97 Å². The van der Waals surface area contributed by atoms with Gasteiger partial charge in [-0.25, -0.2) is 9.78 Å². The van der Waals surface area contributed by atoms with Crippen molar-refractivity contribution >= 4 is 11.9 Å². The molecule has 1 aliphatic rings. The molecule has 120 valence electrons. The van der Waals surface area contributed by atoms with Gasteiger partial charge in [-0.3, -0.25) is 9.78 Å². The van der Waals surface area contributed by atoms with Crippen LogP contribution in [0, 0.1) is 11.8 Å². The smallest absolute Gasteiger partial charge is 0.359 e. The quantitative estimate of drug-likeness (QED) is 0.860. The minimum atomic E-state index is -0.848. The van der Waals surface area contributed by atoms with E-state index in [-0.39, 0.29) is 17.6 Å². The lowest BCUT2D eigenvalue weighted by Gasteiger charge is -2.35. The number of nitrogens with zero attached hydrogens (tertiary/aromatic N) is 2. The van der Waals surface area contributed by atoms with Gasteiger partial charge in [0.1, 0.15) is 0 Å². The summed E-state index contributed by atoms with van der Waals surface area (Å²) in [7, 11) is 0. The first-order valence-corrected chi connectivity index (χ1v) is 7.76. The van der Waals surface area contributed by atoms with E-state index in [1.165, 1.54) is 25.0 Å². The number of nitrogens with one attached hydrogen (secondary N) is 1. The van der Waals surface area contributed by atoms with Crippen LogP contribution in [0.15, 0.2) is 18.6 Å². The van der Waals surface area contributed by atoms with Gasteiger partial charge < -0.3 is 10.1 Å². The molecule has 1 amide bonds. The van der Waals surface area contributed by atoms with Crippen molar-refractivity contribution in [2.24, 2.45) is 11.8 Å². The van der Waals surface area contributed by atoms with Crippen molar-refractivity contribution < 1.29 is 14.3 Å². The van der Waals surface area contributed by atoms with E-state index >= 15 is 0 Å². The molecule has 0 bridgehead atoms. The van der Waals surface area contributed by atoms with E-state index < -0.39 is 12.1 Å². The van der Waals surface area contributed by atoms with Crippen molar-refractivity contribution in [3.63, 3.8) is 0 Å². The van der Waals surface area contributed by atoms with Crippen molar-refractivity contribution in [1.82, 2.24) is 15.3 Å². The van der Waals surface area contributed by atoms with E-state index in [2.05, 4.69) is 29.1 Å². The second kappa shape index (κ2) is 7.33. The summed E-state index contributed by atoms with van der Waals surface area (Å²) in [5.74, 6) is 0.126. The third-order valence-electron chi connectivity index (χ3n) is 4.46. The Morgan fingerprint density at radius 2 is 2.09 bits per heavy atom. The average molecular weight is 305 g/mol. The normalized spacial score (nSPS) is 26.0. The highest BCUT2D eigenvalue weighted by molar-refractivity contribution is 5.90. The van der Waals surface area contributed by atoms with E-state index in [1.54, 1.807) is 6.92 Å². The van der Waals surface area contributed by atoms with E-state index in [9.17, 15) is 9.59 Å². The number of esters is 1. The molecule has 4 atom stereocenters. The average Bonchev–Trinajstić information content (AvgIpc) is 2.52. The van der Waals surface area contributed by atoms with Crippen LogP contribution in [0.25, 0.3) is 0 Å². The van der Waals surface area contributed by atoms with Crippen LogP contribution in [0.4, 0.5) is 0 Å². The van der Waals surface area contributed by atoms with Crippen LogP contribution < -0.4 is 5.32 Å². The number of aromatic nitrogens is 2. The summed E-state index contributed by atoms with van der Waals surface area (Å²) >= 11 is 0. The van der Waals surface area contributed by atoms with Crippen LogP contribution in [-0.2, 0) is 9.53 Å². The van der Waals surface area contributed by atoms with Gasteiger partial charge in [-0.15, -0.1) is 0 Å². The Morgan fingerprint density at radius 1 is 1.32 bits per heavy atom. The molecule has 0 spiro atoms. The van der Waals surface area contributed by atoms with E-state index in [0.29, 0.717) is 11.8 Å². The molecular weight excluding hydrogens is 282 g/mol. The summed E-state index contributed by atoms with van der Waals surface area (Å²) in [6.07, 6.45) is 6.64. The summed E-state index contributed by atoms with van der Waals surface area (Å²) < 4.78 is 5.15. The minimum absolute atomic E-state index is 0.0989. The van der Waals surface area contributed by atoms with Gasteiger partial charge in [0.25, 0.3) is 5.91 Å². The lowest BCUT2D eigenvalue weighted by Crippen LogP contribution is -2.47. The largest absolute Gasteiger partial charge is 0.448 e. The first-order valence-electron chi connectivity index (χ1n) is 7.76. The van der Waals surface area contributed by atoms with Gasteiger partial charge in [0.15, 0.2) is 11.8 Å². The highest BCUT2D eigenvalue weighted by Crippen LogP contribution is 2.29. The first kappa shape index (κ1) is 16.4. The molecule has 22 heavy (non-hydrogen) atoms. The SMILES string of the molecule is C[C@@H]1[C@H](C)CCC[C@@H]1NC(=O)[C@@H](C)OC(=O)c1cnccn1. The third kappa shape index (κ3) is 4.02. The van der Waals surface area contributed by atoms with Crippen LogP contribution in [0.2, 0.25) is 0 Å². The number of carbonyl (C=O) groups excluding carboxylic acids is 2. The number of rotatable bonds is 4. The number of amides is 1. The molecule has 6 heteroatoms. The topological polar surface area (TPSA) is 81.2 Å². The maximum Gasteiger partial charge on any atom is 0.359 e. The molecule has 1 heterocycles. The van der Waals surface area contributed by atoms with Crippen molar-refractivity contribution in [1.29, 1.82) is 0 Å². The summed E-state index contributed by atoms with van der Waals surface area (Å²) in [6, 6.07) is 0.147. The van der Waals surface area contributed by atoms with Crippen molar-refractivity contribution in [2.45, 2.75) is 52.2 Å². The van der Waals surface area contributed by atoms with E-state index in [0.717, 1.165) is 12.8 Å². The fourth-order valence-electron chi connectivity index (χ4n) is 2.76. The molecule has 1 aromatic heterocycles. The summed E-state index contributed by atoms with van der Waals surface area (Å²) in [6.45, 7) is 5.94. The zero-order chi connectivity index (χ0) is 16.1. The number of ether oxygens (including phenoxy) is 1. The Morgan fingerprint density at radius 3 is 2.77 bits per heavy atom. The van der Waals surface area contributed by atoms with Gasteiger partial charge in [-0.1, -0.05) is 26.7 Å². The molecule has 1 N–H and O–H groups in total. The molecule has 0 saturated heterocycles. The maximum atomic E-state index is 12.2. The van der Waals surface area contributed by atoms with Crippen LogP contribution in [-0.4, -0.2) is 34.0 Å². The second-order valence-electron chi connectivity index (χ2n) is 6.02. The monoisotopic (exact) mass is 305 g/mol. The molecule has 2 rings (SSSR count). The lowest BCUT2D eigenvalue weighted by molar-refractivity contribution is -0.130. The molecule has 1 saturated carbocycles. The molecule has 1 aliphatic carbocycles. The number of hydrogen-bond donors (Lipinski definition) is 1. The molecular formula is C16H23N3O3. The van der Waals surface area contributed by atoms with Gasteiger partial charge in [-0.05, 0) is 25.2 Å². The molecule has 0 unspecified atom stereocenters. The maximum absolute atomic E-state index is 12.2. The molecule has 1 aromatic rings. The van der Waals surface area contributed by atoms with Crippen LogP contribution in [0.3, 0.4) is 0 Å². The Bertz CT molecular complexity index is 521. The summed E-state index contributed by atoms with van der Waals surface area (Å²) in [5.41, 5.74) is 0.0989. The summed E-state index contributed by atoms with van der Waals surface area (Å²) in [5, 5.41) is 3.00. The minimum Gasteiger partial charge on any atom is -0.448 e. The zero-order valence-electron chi connectivity index (χ0n) is 13.3. The third-order valence-corrected chi connectivity index (χ3v) is 4.46. The molecule has 0 aromatic carbocycles. The van der Waals surface area contributed by atoms with Crippen molar-refractivity contribution in [2.75, 3.05) is 0 Å². The van der Waals surface area contributed by atoms with Crippen LogP contribution in [0.1, 0.15) is 50.5 Å². The Labute approximate surface area is 130 Å². The Hall–Kier alpha value is -1.98. The van der Waals surface area contributed by atoms with Crippen LogP contribution >= 0.6 is 0 Å². The Kier molecular flexibility index (Phi) is 5.46.